The summed E-state index contributed by atoms with van der Waals surface area (Å²) in [5.74, 6) is 0.141. The van der Waals surface area contributed by atoms with Gasteiger partial charge in [0.2, 0.25) is 5.91 Å². The van der Waals surface area contributed by atoms with E-state index in [1.165, 1.54) is 0 Å². The van der Waals surface area contributed by atoms with Crippen molar-refractivity contribution in [2.75, 3.05) is 26.2 Å². The lowest BCUT2D eigenvalue weighted by atomic mass is 10.0. The van der Waals surface area contributed by atoms with Gasteiger partial charge in [-0.25, -0.2) is 0 Å². The number of rotatable bonds is 1. The lowest BCUT2D eigenvalue weighted by Gasteiger charge is -2.37. The highest BCUT2D eigenvalue weighted by Gasteiger charge is 2.33. The normalized spacial score (nSPS) is 36.1. The van der Waals surface area contributed by atoms with E-state index in [0.717, 1.165) is 25.9 Å². The van der Waals surface area contributed by atoms with Gasteiger partial charge in [0.05, 0.1) is 12.7 Å². The quantitative estimate of drug-likeness (QED) is 0.622. The number of morpholine rings is 1. The van der Waals surface area contributed by atoms with Gasteiger partial charge in [0.1, 0.15) is 6.04 Å². The number of nitrogens with zero attached hydrogens (tertiary/aromatic N) is 1. The molecular formula is C11H21N3O2. The molecule has 0 radical (unpaired) electrons. The highest BCUT2D eigenvalue weighted by atomic mass is 16.5. The van der Waals surface area contributed by atoms with E-state index >= 15 is 0 Å². The second-order valence-corrected chi connectivity index (χ2v) is 4.69. The largest absolute Gasteiger partial charge is 0.375 e. The monoisotopic (exact) mass is 227 g/mol. The second kappa shape index (κ2) is 5.12. The van der Waals surface area contributed by atoms with Crippen LogP contribution in [0.3, 0.4) is 0 Å². The van der Waals surface area contributed by atoms with Crippen LogP contribution in [0.5, 0.6) is 0 Å². The van der Waals surface area contributed by atoms with Crippen LogP contribution in [0.15, 0.2) is 0 Å². The van der Waals surface area contributed by atoms with Crippen LogP contribution in [0.2, 0.25) is 0 Å². The molecule has 0 aromatic carbocycles. The zero-order valence-corrected chi connectivity index (χ0v) is 9.82. The van der Waals surface area contributed by atoms with Gasteiger partial charge in [-0.05, 0) is 19.8 Å². The number of nitrogens with one attached hydrogen (secondary N) is 1. The van der Waals surface area contributed by atoms with E-state index in [0.29, 0.717) is 13.2 Å². The van der Waals surface area contributed by atoms with Crippen LogP contribution in [0.4, 0.5) is 0 Å². The van der Waals surface area contributed by atoms with Gasteiger partial charge in [0, 0.05) is 25.7 Å². The predicted molar refractivity (Wildman–Crippen MR) is 61.0 cm³/mol. The first-order valence-corrected chi connectivity index (χ1v) is 6.08. The van der Waals surface area contributed by atoms with E-state index in [9.17, 15) is 4.79 Å². The Morgan fingerprint density at radius 2 is 2.38 bits per heavy atom. The third kappa shape index (κ3) is 2.53. The predicted octanol–water partition coefficient (Wildman–Crippen LogP) is -0.687. The third-order valence-electron chi connectivity index (χ3n) is 3.35. The number of carbonyl (C=O) groups excluding carboxylic acids is 1. The molecule has 0 saturated carbocycles. The zero-order chi connectivity index (χ0) is 11.5. The Labute approximate surface area is 96.3 Å². The molecule has 3 N–H and O–H groups in total. The Kier molecular flexibility index (Phi) is 3.78. The Morgan fingerprint density at radius 1 is 1.56 bits per heavy atom. The lowest BCUT2D eigenvalue weighted by molar-refractivity contribution is -0.140. The van der Waals surface area contributed by atoms with Crippen LogP contribution in [-0.2, 0) is 9.53 Å². The standard InChI is InChI=1S/C11H21N3O2/c1-8-10(13-4-6-16-8)11(15)14-5-2-3-9(12)7-14/h8-10,13H,2-7,12H2,1H3/t8-,9-,10+/m1/s1. The molecule has 0 aromatic rings. The topological polar surface area (TPSA) is 67.6 Å². The fourth-order valence-corrected chi connectivity index (χ4v) is 2.42. The smallest absolute Gasteiger partial charge is 0.242 e. The van der Waals surface area contributed by atoms with E-state index < -0.39 is 0 Å². The maximum Gasteiger partial charge on any atom is 0.242 e. The first kappa shape index (κ1) is 11.8. The fraction of sp³-hybridized carbons (Fsp3) is 0.909. The van der Waals surface area contributed by atoms with Crippen molar-refractivity contribution in [2.24, 2.45) is 5.73 Å². The molecule has 2 saturated heterocycles. The molecule has 1 amide bonds. The Hall–Kier alpha value is -0.650. The molecule has 0 spiro atoms. The number of amides is 1. The van der Waals surface area contributed by atoms with E-state index in [-0.39, 0.29) is 24.1 Å². The average Bonchev–Trinajstić information content (AvgIpc) is 2.29. The van der Waals surface area contributed by atoms with Gasteiger partial charge in [-0.15, -0.1) is 0 Å². The van der Waals surface area contributed by atoms with Crippen molar-refractivity contribution in [1.82, 2.24) is 10.2 Å². The van der Waals surface area contributed by atoms with E-state index in [4.69, 9.17) is 10.5 Å². The molecule has 3 atom stereocenters. The summed E-state index contributed by atoms with van der Waals surface area (Å²) < 4.78 is 5.49. The van der Waals surface area contributed by atoms with Gasteiger partial charge < -0.3 is 20.7 Å². The maximum absolute atomic E-state index is 12.2. The van der Waals surface area contributed by atoms with E-state index in [1.807, 2.05) is 11.8 Å². The van der Waals surface area contributed by atoms with Crippen LogP contribution in [0.1, 0.15) is 19.8 Å². The van der Waals surface area contributed by atoms with Gasteiger partial charge in [0.25, 0.3) is 0 Å². The second-order valence-electron chi connectivity index (χ2n) is 4.69. The summed E-state index contributed by atoms with van der Waals surface area (Å²) in [6, 6.07) is -0.0587. The zero-order valence-electron chi connectivity index (χ0n) is 9.82. The number of ether oxygens (including phenoxy) is 1. The minimum atomic E-state index is -0.195. The molecule has 2 rings (SSSR count). The Balaban J connectivity index is 1.94. The average molecular weight is 227 g/mol. The molecule has 2 fully saturated rings. The maximum atomic E-state index is 12.2. The molecular weight excluding hydrogens is 206 g/mol. The number of likely N-dealkylation sites (tertiary alicyclic amines) is 1. The summed E-state index contributed by atoms with van der Waals surface area (Å²) in [6.45, 7) is 4.89. The summed E-state index contributed by atoms with van der Waals surface area (Å²) in [4.78, 5) is 14.1. The first-order chi connectivity index (χ1) is 7.68. The van der Waals surface area contributed by atoms with Gasteiger partial charge >= 0.3 is 0 Å². The minimum Gasteiger partial charge on any atom is -0.375 e. The molecule has 0 bridgehead atoms. The van der Waals surface area contributed by atoms with Gasteiger partial charge in [-0.2, -0.15) is 0 Å². The van der Waals surface area contributed by atoms with E-state index in [1.54, 1.807) is 0 Å². The van der Waals surface area contributed by atoms with E-state index in [2.05, 4.69) is 5.32 Å². The Bertz CT molecular complexity index is 260. The molecule has 2 heterocycles. The highest BCUT2D eigenvalue weighted by Crippen LogP contribution is 2.13. The van der Waals surface area contributed by atoms with Crippen molar-refractivity contribution in [3.05, 3.63) is 0 Å². The van der Waals surface area contributed by atoms with Crippen molar-refractivity contribution >= 4 is 5.91 Å². The van der Waals surface area contributed by atoms with Gasteiger partial charge in [-0.1, -0.05) is 0 Å². The highest BCUT2D eigenvalue weighted by molar-refractivity contribution is 5.82. The summed E-state index contributed by atoms with van der Waals surface area (Å²) >= 11 is 0. The summed E-state index contributed by atoms with van der Waals surface area (Å²) in [5, 5.41) is 3.22. The number of hydrogen-bond acceptors (Lipinski definition) is 4. The SMILES string of the molecule is C[C@H]1OCCN[C@@H]1C(=O)N1CCC[C@@H](N)C1. The van der Waals surface area contributed by atoms with Crippen LogP contribution in [0.25, 0.3) is 0 Å². The van der Waals surface area contributed by atoms with Crippen LogP contribution >= 0.6 is 0 Å². The van der Waals surface area contributed by atoms with Crippen molar-refractivity contribution in [1.29, 1.82) is 0 Å². The van der Waals surface area contributed by atoms with Crippen LogP contribution < -0.4 is 11.1 Å². The third-order valence-corrected chi connectivity index (χ3v) is 3.35. The fourth-order valence-electron chi connectivity index (χ4n) is 2.42. The van der Waals surface area contributed by atoms with Gasteiger partial charge in [0.15, 0.2) is 0 Å². The van der Waals surface area contributed by atoms with Crippen molar-refractivity contribution in [3.8, 4) is 0 Å². The van der Waals surface area contributed by atoms with Gasteiger partial charge in [-0.3, -0.25) is 4.79 Å². The number of nitrogens with two attached hydrogens (primary N) is 1. The molecule has 5 heteroatoms. The summed E-state index contributed by atoms with van der Waals surface area (Å²) in [6.07, 6.45) is 1.99. The molecule has 0 aliphatic carbocycles. The summed E-state index contributed by atoms with van der Waals surface area (Å²) in [5.41, 5.74) is 5.88. The molecule has 5 nitrogen and oxygen atoms in total. The summed E-state index contributed by atoms with van der Waals surface area (Å²) in [7, 11) is 0. The molecule has 2 aliphatic rings. The number of hydrogen-bond donors (Lipinski definition) is 2. The van der Waals surface area contributed by atoms with Crippen LogP contribution in [-0.4, -0.2) is 55.2 Å². The lowest BCUT2D eigenvalue weighted by Crippen LogP contribution is -2.58. The minimum absolute atomic E-state index is 0.0422. The molecule has 16 heavy (non-hydrogen) atoms. The van der Waals surface area contributed by atoms with Crippen LogP contribution in [0, 0.1) is 0 Å². The molecule has 92 valence electrons. The molecule has 2 aliphatic heterocycles. The van der Waals surface area contributed by atoms with Crippen molar-refractivity contribution in [3.63, 3.8) is 0 Å². The number of carbonyl (C=O) groups is 1. The van der Waals surface area contributed by atoms with Crippen molar-refractivity contribution in [2.45, 2.75) is 38.0 Å². The van der Waals surface area contributed by atoms with Crippen molar-refractivity contribution < 1.29 is 9.53 Å². The molecule has 0 aromatic heterocycles. The Morgan fingerprint density at radius 3 is 3.06 bits per heavy atom. The number of piperidine rings is 1. The first-order valence-electron chi connectivity index (χ1n) is 6.08. The molecule has 0 unspecified atom stereocenters.